The van der Waals surface area contributed by atoms with Gasteiger partial charge in [0, 0.05) is 31.3 Å². The number of rotatable bonds is 13. The summed E-state index contributed by atoms with van der Waals surface area (Å²) < 4.78 is 36.9. The first-order valence-electron chi connectivity index (χ1n) is 13.5. The lowest BCUT2D eigenvalue weighted by atomic mass is 10.1. The summed E-state index contributed by atoms with van der Waals surface area (Å²) in [7, 11) is -1.61. The molecule has 2 saturated heterocycles. The third-order valence-electron chi connectivity index (χ3n) is 6.64. The maximum absolute atomic E-state index is 13.4. The van der Waals surface area contributed by atoms with E-state index in [9.17, 15) is 13.2 Å². The van der Waals surface area contributed by atoms with Gasteiger partial charge in [0.15, 0.2) is 15.5 Å². The van der Waals surface area contributed by atoms with Crippen LogP contribution < -0.4 is 15.4 Å². The van der Waals surface area contributed by atoms with Crippen LogP contribution in [0, 0.1) is 6.92 Å². The first kappa shape index (κ1) is 30.0. The topological polar surface area (TPSA) is 122 Å². The Bertz CT molecular complexity index is 1320. The van der Waals surface area contributed by atoms with Crippen LogP contribution in [-0.2, 0) is 19.4 Å². The van der Waals surface area contributed by atoms with Crippen molar-refractivity contribution in [1.82, 2.24) is 20.6 Å². The van der Waals surface area contributed by atoms with Gasteiger partial charge in [0.05, 0.1) is 28.4 Å². The van der Waals surface area contributed by atoms with E-state index in [1.165, 1.54) is 23.9 Å². The maximum Gasteiger partial charge on any atom is 0.277 e. The van der Waals surface area contributed by atoms with Crippen molar-refractivity contribution in [2.75, 3.05) is 46.5 Å². The largest absolute Gasteiger partial charge is 0.478 e. The van der Waals surface area contributed by atoms with Crippen LogP contribution in [0.15, 0.2) is 63.0 Å². The van der Waals surface area contributed by atoms with Crippen LogP contribution in [0.25, 0.3) is 0 Å². The monoisotopic (exact) mass is 587 g/mol. The average molecular weight is 588 g/mol. The standard InChI is InChI=1S/C28H37N5O5S2/c1-20-7-12-25(38-17-6-14-29-3)31-28(20)39-21(2)30-27(34)26(32-33-15-4-5-16-33)22-8-10-23(11-9-22)40(35,36)24-13-18-37-19-24/h7-12,24,29H,2,4-6,13-19H2,1,3H3,(H,30,34)/b32-26+/t24-/m0/s1. The Balaban J connectivity index is 1.47. The van der Waals surface area contributed by atoms with Crippen molar-refractivity contribution < 1.29 is 22.7 Å². The third-order valence-corrected chi connectivity index (χ3v) is 9.77. The minimum absolute atomic E-state index is 0.197. The molecule has 12 heteroatoms. The van der Waals surface area contributed by atoms with E-state index in [2.05, 4.69) is 27.3 Å². The van der Waals surface area contributed by atoms with Gasteiger partial charge in [-0.25, -0.2) is 13.4 Å². The van der Waals surface area contributed by atoms with E-state index in [0.29, 0.717) is 41.1 Å². The van der Waals surface area contributed by atoms with Gasteiger partial charge >= 0.3 is 0 Å². The summed E-state index contributed by atoms with van der Waals surface area (Å²) in [6.45, 7) is 9.51. The van der Waals surface area contributed by atoms with E-state index >= 15 is 0 Å². The number of thioether (sulfide) groups is 1. The number of hydrogen-bond acceptors (Lipinski definition) is 10. The van der Waals surface area contributed by atoms with Crippen LogP contribution in [0.2, 0.25) is 0 Å². The highest BCUT2D eigenvalue weighted by atomic mass is 32.2. The number of carbonyl (C=O) groups excluding carboxylic acids is 1. The van der Waals surface area contributed by atoms with Crippen LogP contribution in [0.4, 0.5) is 0 Å². The molecule has 10 nitrogen and oxygen atoms in total. The summed E-state index contributed by atoms with van der Waals surface area (Å²) in [6.07, 6.45) is 3.34. The molecule has 0 radical (unpaired) electrons. The zero-order chi connectivity index (χ0) is 28.5. The van der Waals surface area contributed by atoms with Gasteiger partial charge in [0.25, 0.3) is 5.91 Å². The van der Waals surface area contributed by atoms with E-state index < -0.39 is 21.0 Å². The molecule has 2 aliphatic rings. The Kier molecular flexibility index (Phi) is 10.6. The zero-order valence-corrected chi connectivity index (χ0v) is 24.7. The number of aryl methyl sites for hydroxylation is 1. The van der Waals surface area contributed by atoms with Crippen molar-refractivity contribution in [2.24, 2.45) is 5.10 Å². The fraction of sp³-hybridized carbons (Fsp3) is 0.464. The number of nitrogens with zero attached hydrogens (tertiary/aromatic N) is 3. The van der Waals surface area contributed by atoms with Crippen molar-refractivity contribution in [3.8, 4) is 5.88 Å². The number of aromatic nitrogens is 1. The van der Waals surface area contributed by atoms with Crippen LogP contribution in [0.1, 0.15) is 36.8 Å². The molecule has 2 aromatic rings. The molecule has 3 heterocycles. The average Bonchev–Trinajstić information content (AvgIpc) is 3.67. The quantitative estimate of drug-likeness (QED) is 0.207. The number of sulfone groups is 1. The van der Waals surface area contributed by atoms with Gasteiger partial charge in [-0.2, -0.15) is 5.10 Å². The molecule has 1 aromatic carbocycles. The van der Waals surface area contributed by atoms with Crippen molar-refractivity contribution >= 4 is 33.2 Å². The molecule has 0 bridgehead atoms. The van der Waals surface area contributed by atoms with E-state index in [1.807, 2.05) is 31.1 Å². The Hall–Kier alpha value is -2.93. The lowest BCUT2D eigenvalue weighted by molar-refractivity contribution is -0.114. The van der Waals surface area contributed by atoms with Crippen molar-refractivity contribution in [3.63, 3.8) is 0 Å². The fourth-order valence-electron chi connectivity index (χ4n) is 4.36. The van der Waals surface area contributed by atoms with Crippen LogP contribution in [-0.4, -0.2) is 81.8 Å². The molecule has 1 atom stereocenters. The highest BCUT2D eigenvalue weighted by Crippen LogP contribution is 2.28. The molecule has 4 rings (SSSR count). The minimum Gasteiger partial charge on any atom is -0.478 e. The van der Waals surface area contributed by atoms with E-state index in [1.54, 1.807) is 12.1 Å². The Labute approximate surface area is 240 Å². The highest BCUT2D eigenvalue weighted by Gasteiger charge is 2.31. The number of ether oxygens (including phenoxy) is 2. The lowest BCUT2D eigenvalue weighted by Crippen LogP contribution is -2.32. The molecule has 2 aliphatic heterocycles. The number of pyridine rings is 1. The maximum atomic E-state index is 13.4. The van der Waals surface area contributed by atoms with Crippen LogP contribution in [0.5, 0.6) is 5.88 Å². The van der Waals surface area contributed by atoms with Gasteiger partial charge in [-0.3, -0.25) is 9.80 Å². The molecule has 1 aromatic heterocycles. The number of nitrogens with one attached hydrogen (secondary N) is 2. The van der Waals surface area contributed by atoms with Crippen molar-refractivity contribution in [1.29, 1.82) is 0 Å². The smallest absolute Gasteiger partial charge is 0.277 e. The molecule has 2 N–H and O–H groups in total. The first-order chi connectivity index (χ1) is 19.3. The molecular formula is C28H37N5O5S2. The van der Waals surface area contributed by atoms with Crippen molar-refractivity contribution in [3.05, 3.63) is 59.1 Å². The number of carbonyl (C=O) groups is 1. The Morgan fingerprint density at radius 3 is 2.65 bits per heavy atom. The molecular weight excluding hydrogens is 550 g/mol. The SMILES string of the molecule is C=C(NC(=O)/C(=N/N1CCCC1)c1ccc(S(=O)(=O)[C@H]2CCOC2)cc1)Sc1nc(OCCCNC)ccc1C. The third kappa shape index (κ3) is 7.84. The predicted molar refractivity (Wildman–Crippen MR) is 156 cm³/mol. The van der Waals surface area contributed by atoms with E-state index in [-0.39, 0.29) is 17.2 Å². The summed E-state index contributed by atoms with van der Waals surface area (Å²) in [5.74, 6) is 0.0835. The summed E-state index contributed by atoms with van der Waals surface area (Å²) in [5.41, 5.74) is 1.65. The number of benzene rings is 1. The molecule has 1 amide bonds. The summed E-state index contributed by atoms with van der Waals surface area (Å²) in [6, 6.07) is 10.1. The number of hydrazone groups is 1. The van der Waals surface area contributed by atoms with Gasteiger partial charge in [0.1, 0.15) is 5.03 Å². The van der Waals surface area contributed by atoms with Crippen molar-refractivity contribution in [2.45, 2.75) is 47.8 Å². The van der Waals surface area contributed by atoms with E-state index in [4.69, 9.17) is 9.47 Å². The number of hydrogen-bond donors (Lipinski definition) is 2. The molecule has 2 fully saturated rings. The van der Waals surface area contributed by atoms with E-state index in [0.717, 1.165) is 44.5 Å². The second-order valence-electron chi connectivity index (χ2n) is 9.72. The summed E-state index contributed by atoms with van der Waals surface area (Å²) in [5, 5.41) is 13.0. The van der Waals surface area contributed by atoms with Gasteiger partial charge in [0.2, 0.25) is 5.88 Å². The first-order valence-corrected chi connectivity index (χ1v) is 15.8. The van der Waals surface area contributed by atoms with Crippen LogP contribution >= 0.6 is 11.8 Å². The fourth-order valence-corrected chi connectivity index (χ4v) is 6.68. The van der Waals surface area contributed by atoms with Gasteiger partial charge in [-0.15, -0.1) is 0 Å². The second-order valence-corrected chi connectivity index (χ2v) is 13.0. The number of amides is 1. The normalized spacial score (nSPS) is 17.7. The highest BCUT2D eigenvalue weighted by molar-refractivity contribution is 8.03. The molecule has 216 valence electrons. The van der Waals surface area contributed by atoms with Gasteiger partial charge in [-0.1, -0.05) is 36.5 Å². The Morgan fingerprint density at radius 2 is 1.98 bits per heavy atom. The Morgan fingerprint density at radius 1 is 1.23 bits per heavy atom. The summed E-state index contributed by atoms with van der Waals surface area (Å²) >= 11 is 1.24. The molecule has 0 saturated carbocycles. The summed E-state index contributed by atoms with van der Waals surface area (Å²) in [4.78, 5) is 18.2. The van der Waals surface area contributed by atoms with Crippen LogP contribution in [0.3, 0.4) is 0 Å². The molecule has 0 unspecified atom stereocenters. The van der Waals surface area contributed by atoms with Gasteiger partial charge in [-0.05, 0) is 63.9 Å². The lowest BCUT2D eigenvalue weighted by Gasteiger charge is -2.16. The zero-order valence-electron chi connectivity index (χ0n) is 23.0. The molecule has 40 heavy (non-hydrogen) atoms. The molecule has 0 aliphatic carbocycles. The molecule has 0 spiro atoms. The van der Waals surface area contributed by atoms with Gasteiger partial charge < -0.3 is 20.1 Å². The minimum atomic E-state index is -3.51. The second kappa shape index (κ2) is 14.1. The predicted octanol–water partition coefficient (Wildman–Crippen LogP) is 3.12.